The number of amides is 1. The van der Waals surface area contributed by atoms with Crippen LogP contribution in [0, 0.1) is 11.3 Å². The van der Waals surface area contributed by atoms with Gasteiger partial charge in [0.1, 0.15) is 6.04 Å². The molecule has 1 saturated heterocycles. The molecule has 2 atom stereocenters. The molecule has 1 aliphatic carbocycles. The van der Waals surface area contributed by atoms with E-state index in [0.29, 0.717) is 37.4 Å². The van der Waals surface area contributed by atoms with E-state index < -0.39 is 5.41 Å². The highest BCUT2D eigenvalue weighted by Crippen LogP contribution is 2.46. The summed E-state index contributed by atoms with van der Waals surface area (Å²) in [5, 5.41) is 34.9. The highest BCUT2D eigenvalue weighted by atomic mass is 16.1. The average molecular weight is 578 g/mol. The summed E-state index contributed by atoms with van der Waals surface area (Å²) in [7, 11) is 0. The number of carbonyl (C=O) groups excluding carboxylic acids is 1. The van der Waals surface area contributed by atoms with Gasteiger partial charge in [0.25, 0.3) is 5.91 Å². The Balaban J connectivity index is 1.55. The molecule has 10 nitrogen and oxygen atoms in total. The zero-order valence-electron chi connectivity index (χ0n) is 24.7. The van der Waals surface area contributed by atoms with Crippen LogP contribution in [0.4, 0.5) is 0 Å². The SMILES string of the molecule is C=CNC(=C)c1ccc2c(c1)CCc1cc(C(=O)NCC)ccc1C2(CCNCC(=C)N1CCCC1C#N)c1nn[nH]n1. The van der Waals surface area contributed by atoms with E-state index in [1.807, 2.05) is 19.1 Å². The fourth-order valence-corrected chi connectivity index (χ4v) is 6.50. The fraction of sp³-hybridized carbons (Fsp3) is 0.364. The van der Waals surface area contributed by atoms with Gasteiger partial charge in [-0.25, -0.2) is 0 Å². The molecule has 5 rings (SSSR count). The number of fused-ring (bicyclic) bond motifs is 2. The number of hydrogen-bond donors (Lipinski definition) is 4. The second-order valence-corrected chi connectivity index (χ2v) is 11.0. The molecular formula is C33H39N9O. The minimum absolute atomic E-state index is 0.0935. The van der Waals surface area contributed by atoms with Crippen LogP contribution in [0.2, 0.25) is 0 Å². The van der Waals surface area contributed by atoms with Crippen LogP contribution in [0.5, 0.6) is 0 Å². The first-order valence-corrected chi connectivity index (χ1v) is 14.8. The Kier molecular flexibility index (Phi) is 9.02. The molecule has 222 valence electrons. The first kappa shape index (κ1) is 29.7. The standard InChI is InChI=1S/C33H39N9O/c1-5-36-23(4)24-11-13-29-25(18-24)9-10-26-19-27(31(43)37-6-2)12-14-30(26)33(29,32-38-40-41-39-32)15-16-35-21-22(3)42-17-7-8-28(42)20-34/h5,11-14,18-19,28,35-36H,1,3-4,6-10,15-17,21H2,2H3,(H,37,43)(H,38,39,40,41). The first-order valence-electron chi connectivity index (χ1n) is 14.8. The topological polar surface area (TPSA) is 135 Å². The van der Waals surface area contributed by atoms with Crippen molar-refractivity contribution in [3.8, 4) is 6.07 Å². The van der Waals surface area contributed by atoms with Gasteiger partial charge in [0.2, 0.25) is 0 Å². The number of H-pyrrole nitrogens is 1. The van der Waals surface area contributed by atoms with E-state index in [1.165, 1.54) is 0 Å². The summed E-state index contributed by atoms with van der Waals surface area (Å²) in [6, 6.07) is 14.6. The summed E-state index contributed by atoms with van der Waals surface area (Å²) in [6.45, 7) is 16.7. The van der Waals surface area contributed by atoms with Crippen LogP contribution in [0.3, 0.4) is 0 Å². The number of tetrazole rings is 1. The molecule has 1 aliphatic heterocycles. The molecule has 2 heterocycles. The Morgan fingerprint density at radius 2 is 1.91 bits per heavy atom. The normalized spacial score (nSPS) is 19.0. The Bertz CT molecular complexity index is 1550. The van der Waals surface area contributed by atoms with Crippen molar-refractivity contribution in [1.82, 2.24) is 41.5 Å². The molecule has 1 fully saturated rings. The van der Waals surface area contributed by atoms with Gasteiger partial charge in [-0.15, -0.1) is 10.2 Å². The van der Waals surface area contributed by atoms with Crippen LogP contribution in [-0.2, 0) is 18.3 Å². The largest absolute Gasteiger partial charge is 0.362 e. The van der Waals surface area contributed by atoms with Crippen LogP contribution >= 0.6 is 0 Å². The first-order chi connectivity index (χ1) is 20.9. The molecule has 10 heteroatoms. The van der Waals surface area contributed by atoms with Crippen molar-refractivity contribution in [2.75, 3.05) is 26.2 Å². The molecule has 2 unspecified atom stereocenters. The van der Waals surface area contributed by atoms with E-state index in [9.17, 15) is 10.1 Å². The zero-order chi connectivity index (χ0) is 30.4. The van der Waals surface area contributed by atoms with Crippen LogP contribution in [0.1, 0.15) is 70.2 Å². The number of carbonyl (C=O) groups is 1. The van der Waals surface area contributed by atoms with Crippen LogP contribution in [0.25, 0.3) is 5.70 Å². The molecule has 2 aromatic carbocycles. The molecule has 1 amide bonds. The predicted octanol–water partition coefficient (Wildman–Crippen LogP) is 3.57. The van der Waals surface area contributed by atoms with Gasteiger partial charge in [-0.2, -0.15) is 10.5 Å². The molecule has 0 bridgehead atoms. The molecule has 0 spiro atoms. The summed E-state index contributed by atoms with van der Waals surface area (Å²) in [5.74, 6) is 0.479. The number of nitrogens with zero attached hydrogens (tertiary/aromatic N) is 5. The van der Waals surface area contributed by atoms with Crippen molar-refractivity contribution in [1.29, 1.82) is 5.26 Å². The Labute approximate surface area is 253 Å². The lowest BCUT2D eigenvalue weighted by atomic mass is 9.69. The number of aryl methyl sites for hydroxylation is 2. The second-order valence-electron chi connectivity index (χ2n) is 11.0. The minimum atomic E-state index is -0.739. The smallest absolute Gasteiger partial charge is 0.251 e. The van der Waals surface area contributed by atoms with E-state index in [1.54, 1.807) is 6.20 Å². The van der Waals surface area contributed by atoms with Crippen LogP contribution in [-0.4, -0.2) is 63.7 Å². The summed E-state index contributed by atoms with van der Waals surface area (Å²) in [5.41, 5.74) is 6.93. The van der Waals surface area contributed by atoms with Gasteiger partial charge in [-0.05, 0) is 97.8 Å². The molecule has 0 radical (unpaired) electrons. The van der Waals surface area contributed by atoms with Crippen molar-refractivity contribution < 1.29 is 4.79 Å². The zero-order valence-corrected chi connectivity index (χ0v) is 24.7. The Morgan fingerprint density at radius 1 is 1.19 bits per heavy atom. The lowest BCUT2D eigenvalue weighted by Crippen LogP contribution is -2.38. The number of aromatic nitrogens is 4. The van der Waals surface area contributed by atoms with E-state index in [0.717, 1.165) is 71.4 Å². The molecule has 43 heavy (non-hydrogen) atoms. The summed E-state index contributed by atoms with van der Waals surface area (Å²) in [4.78, 5) is 14.9. The fourth-order valence-electron chi connectivity index (χ4n) is 6.50. The van der Waals surface area contributed by atoms with E-state index in [4.69, 9.17) is 0 Å². The minimum Gasteiger partial charge on any atom is -0.362 e. The van der Waals surface area contributed by atoms with Crippen molar-refractivity contribution in [3.63, 3.8) is 0 Å². The second kappa shape index (κ2) is 13.0. The molecule has 2 aliphatic rings. The van der Waals surface area contributed by atoms with Gasteiger partial charge in [0.15, 0.2) is 5.82 Å². The van der Waals surface area contributed by atoms with Gasteiger partial charge in [0.05, 0.1) is 11.5 Å². The number of likely N-dealkylation sites (tertiary alicyclic amines) is 1. The quantitative estimate of drug-likeness (QED) is 0.240. The van der Waals surface area contributed by atoms with Crippen molar-refractivity contribution in [2.45, 2.75) is 50.5 Å². The molecule has 0 saturated carbocycles. The summed E-state index contributed by atoms with van der Waals surface area (Å²) < 4.78 is 0. The van der Waals surface area contributed by atoms with E-state index in [2.05, 4.69) is 91.5 Å². The molecule has 3 aromatic rings. The average Bonchev–Trinajstić information content (AvgIpc) is 3.71. The van der Waals surface area contributed by atoms with Crippen LogP contribution in [0.15, 0.2) is 68.0 Å². The Morgan fingerprint density at radius 3 is 2.56 bits per heavy atom. The summed E-state index contributed by atoms with van der Waals surface area (Å²) >= 11 is 0. The number of nitriles is 1. The maximum absolute atomic E-state index is 12.8. The lowest BCUT2D eigenvalue weighted by Gasteiger charge is -2.34. The van der Waals surface area contributed by atoms with Crippen LogP contribution < -0.4 is 16.0 Å². The Hall–Kier alpha value is -4.75. The number of rotatable bonds is 12. The third-order valence-corrected chi connectivity index (χ3v) is 8.56. The lowest BCUT2D eigenvalue weighted by molar-refractivity contribution is 0.0955. The number of nitrogens with one attached hydrogen (secondary N) is 4. The third kappa shape index (κ3) is 5.81. The van der Waals surface area contributed by atoms with Crippen molar-refractivity contribution in [2.24, 2.45) is 0 Å². The van der Waals surface area contributed by atoms with Gasteiger partial charge >= 0.3 is 0 Å². The monoisotopic (exact) mass is 577 g/mol. The molecule has 4 N–H and O–H groups in total. The number of benzene rings is 2. The number of aromatic amines is 1. The maximum Gasteiger partial charge on any atom is 0.251 e. The molecular weight excluding hydrogens is 538 g/mol. The van der Waals surface area contributed by atoms with E-state index in [-0.39, 0.29) is 11.9 Å². The number of hydrogen-bond acceptors (Lipinski definition) is 8. The van der Waals surface area contributed by atoms with Crippen molar-refractivity contribution in [3.05, 3.63) is 107 Å². The van der Waals surface area contributed by atoms with E-state index >= 15 is 0 Å². The van der Waals surface area contributed by atoms with Gasteiger partial charge in [-0.1, -0.05) is 43.1 Å². The third-order valence-electron chi connectivity index (χ3n) is 8.56. The predicted molar refractivity (Wildman–Crippen MR) is 167 cm³/mol. The highest BCUT2D eigenvalue weighted by Gasteiger charge is 2.44. The van der Waals surface area contributed by atoms with Gasteiger partial charge in [-0.3, -0.25) is 4.79 Å². The summed E-state index contributed by atoms with van der Waals surface area (Å²) in [6.07, 6.45) is 5.64. The van der Waals surface area contributed by atoms with Gasteiger partial charge < -0.3 is 20.9 Å². The van der Waals surface area contributed by atoms with Gasteiger partial charge in [0, 0.05) is 36.6 Å². The van der Waals surface area contributed by atoms with Crippen molar-refractivity contribution >= 4 is 11.6 Å². The highest BCUT2D eigenvalue weighted by molar-refractivity contribution is 5.94. The molecule has 1 aromatic heterocycles. The maximum atomic E-state index is 12.8.